The summed E-state index contributed by atoms with van der Waals surface area (Å²) in [6.07, 6.45) is -0.291. The van der Waals surface area contributed by atoms with E-state index in [0.29, 0.717) is 5.56 Å². The third kappa shape index (κ3) is 5.83. The van der Waals surface area contributed by atoms with Gasteiger partial charge in [0, 0.05) is 24.0 Å². The monoisotopic (exact) mass is 366 g/mol. The van der Waals surface area contributed by atoms with Gasteiger partial charge in [-0.2, -0.15) is 0 Å². The number of non-ortho nitro benzene ring substituents is 1. The standard InChI is InChI=1S/C17H22N2O7/c1-4-26-14(20)9-13(11-5-7-12(8-6-11)19(24)25)15(17(22)23)18-16(21)10(2)3/h5-8,10,13,15H,4,9H2,1-3H3,(H,18,21)(H,22,23)/t13-,15-/m1/s1. The fourth-order valence-corrected chi connectivity index (χ4v) is 2.33. The molecule has 9 heteroatoms. The van der Waals surface area contributed by atoms with Gasteiger partial charge in [0.25, 0.3) is 5.69 Å². The van der Waals surface area contributed by atoms with Gasteiger partial charge in [0.2, 0.25) is 5.91 Å². The first-order valence-corrected chi connectivity index (χ1v) is 8.10. The van der Waals surface area contributed by atoms with Gasteiger partial charge in [-0.15, -0.1) is 0 Å². The predicted molar refractivity (Wildman–Crippen MR) is 91.5 cm³/mol. The molecule has 0 aliphatic carbocycles. The van der Waals surface area contributed by atoms with E-state index in [2.05, 4.69) is 5.32 Å². The third-order valence-corrected chi connectivity index (χ3v) is 3.71. The summed E-state index contributed by atoms with van der Waals surface area (Å²) >= 11 is 0. The Morgan fingerprint density at radius 1 is 1.23 bits per heavy atom. The topological polar surface area (TPSA) is 136 Å². The molecule has 0 bridgehead atoms. The minimum atomic E-state index is -1.38. The first-order chi connectivity index (χ1) is 12.2. The lowest BCUT2D eigenvalue weighted by Crippen LogP contribution is -2.47. The number of nitrogens with one attached hydrogen (secondary N) is 1. The highest BCUT2D eigenvalue weighted by Crippen LogP contribution is 2.27. The van der Waals surface area contributed by atoms with Crippen LogP contribution >= 0.6 is 0 Å². The Bertz CT molecular complexity index is 670. The minimum Gasteiger partial charge on any atom is -0.480 e. The van der Waals surface area contributed by atoms with E-state index in [9.17, 15) is 29.6 Å². The first kappa shape index (κ1) is 21.1. The molecule has 0 heterocycles. The van der Waals surface area contributed by atoms with Gasteiger partial charge in [-0.25, -0.2) is 4.79 Å². The van der Waals surface area contributed by atoms with Crippen LogP contribution in [0.4, 0.5) is 5.69 Å². The van der Waals surface area contributed by atoms with E-state index in [-0.39, 0.29) is 18.7 Å². The number of rotatable bonds is 9. The SMILES string of the molecule is CCOC(=O)C[C@H](c1ccc([N+](=O)[O-])cc1)[C@@H](NC(=O)C(C)C)C(=O)O. The summed E-state index contributed by atoms with van der Waals surface area (Å²) in [5.74, 6) is -3.80. The smallest absolute Gasteiger partial charge is 0.326 e. The van der Waals surface area contributed by atoms with E-state index in [1.165, 1.54) is 24.3 Å². The van der Waals surface area contributed by atoms with Gasteiger partial charge in [-0.05, 0) is 12.5 Å². The Balaban J connectivity index is 3.23. The largest absolute Gasteiger partial charge is 0.480 e. The molecular weight excluding hydrogens is 344 g/mol. The molecule has 1 amide bonds. The molecular formula is C17H22N2O7. The summed E-state index contributed by atoms with van der Waals surface area (Å²) < 4.78 is 4.89. The van der Waals surface area contributed by atoms with Gasteiger partial charge in [0.15, 0.2) is 0 Å². The van der Waals surface area contributed by atoms with Crippen molar-refractivity contribution in [2.75, 3.05) is 6.61 Å². The Labute approximate surface area is 150 Å². The van der Waals surface area contributed by atoms with Crippen LogP contribution in [-0.4, -0.2) is 40.5 Å². The van der Waals surface area contributed by atoms with Crippen molar-refractivity contribution in [2.45, 2.75) is 39.2 Å². The maximum atomic E-state index is 12.0. The summed E-state index contributed by atoms with van der Waals surface area (Å²) in [7, 11) is 0. The van der Waals surface area contributed by atoms with Crippen molar-refractivity contribution in [3.63, 3.8) is 0 Å². The molecule has 1 rings (SSSR count). The highest BCUT2D eigenvalue weighted by molar-refractivity contribution is 5.86. The molecule has 2 atom stereocenters. The molecule has 9 nitrogen and oxygen atoms in total. The number of carbonyl (C=O) groups excluding carboxylic acids is 2. The number of carbonyl (C=O) groups is 3. The average Bonchev–Trinajstić information content (AvgIpc) is 2.57. The van der Waals surface area contributed by atoms with E-state index in [1.807, 2.05) is 0 Å². The summed E-state index contributed by atoms with van der Waals surface area (Å²) in [5.41, 5.74) is 0.210. The summed E-state index contributed by atoms with van der Waals surface area (Å²) in [5, 5.41) is 22.8. The second-order valence-corrected chi connectivity index (χ2v) is 5.94. The molecule has 26 heavy (non-hydrogen) atoms. The fourth-order valence-electron chi connectivity index (χ4n) is 2.33. The van der Waals surface area contributed by atoms with Crippen LogP contribution < -0.4 is 5.32 Å². The van der Waals surface area contributed by atoms with Gasteiger partial charge in [0.1, 0.15) is 6.04 Å². The Hall–Kier alpha value is -2.97. The summed E-state index contributed by atoms with van der Waals surface area (Å²) in [6.45, 7) is 4.97. The van der Waals surface area contributed by atoms with Crippen molar-refractivity contribution >= 4 is 23.5 Å². The molecule has 142 valence electrons. The van der Waals surface area contributed by atoms with Crippen LogP contribution in [0.3, 0.4) is 0 Å². The molecule has 1 aromatic rings. The number of aliphatic carboxylic acids is 1. The second-order valence-electron chi connectivity index (χ2n) is 5.94. The van der Waals surface area contributed by atoms with Crippen molar-refractivity contribution in [3.05, 3.63) is 39.9 Å². The normalized spacial score (nSPS) is 12.9. The number of ether oxygens (including phenoxy) is 1. The second kappa shape index (κ2) is 9.50. The van der Waals surface area contributed by atoms with Gasteiger partial charge < -0.3 is 15.2 Å². The van der Waals surface area contributed by atoms with Crippen LogP contribution in [0, 0.1) is 16.0 Å². The van der Waals surface area contributed by atoms with E-state index in [4.69, 9.17) is 4.74 Å². The molecule has 0 aliphatic rings. The highest BCUT2D eigenvalue weighted by atomic mass is 16.6. The first-order valence-electron chi connectivity index (χ1n) is 8.10. The zero-order valence-electron chi connectivity index (χ0n) is 14.8. The fraction of sp³-hybridized carbons (Fsp3) is 0.471. The van der Waals surface area contributed by atoms with E-state index in [0.717, 1.165) is 0 Å². The predicted octanol–water partition coefficient (Wildman–Crippen LogP) is 1.86. The molecule has 0 unspecified atom stereocenters. The zero-order chi connectivity index (χ0) is 19.9. The van der Waals surface area contributed by atoms with Crippen LogP contribution in [0.2, 0.25) is 0 Å². The van der Waals surface area contributed by atoms with Crippen molar-refractivity contribution in [2.24, 2.45) is 5.92 Å². The number of hydrogen-bond donors (Lipinski definition) is 2. The molecule has 0 aromatic heterocycles. The van der Waals surface area contributed by atoms with E-state index in [1.54, 1.807) is 20.8 Å². The molecule has 0 saturated heterocycles. The number of nitro benzene ring substituents is 1. The maximum Gasteiger partial charge on any atom is 0.326 e. The van der Waals surface area contributed by atoms with E-state index < -0.39 is 40.6 Å². The molecule has 1 aromatic carbocycles. The molecule has 2 N–H and O–H groups in total. The average molecular weight is 366 g/mol. The van der Waals surface area contributed by atoms with Crippen LogP contribution in [0.25, 0.3) is 0 Å². The van der Waals surface area contributed by atoms with Crippen LogP contribution in [0.15, 0.2) is 24.3 Å². The van der Waals surface area contributed by atoms with Crippen molar-refractivity contribution in [1.29, 1.82) is 0 Å². The lowest BCUT2D eigenvalue weighted by molar-refractivity contribution is -0.384. The summed E-state index contributed by atoms with van der Waals surface area (Å²) in [6, 6.07) is 3.81. The molecule has 0 radical (unpaired) electrons. The number of esters is 1. The van der Waals surface area contributed by atoms with Gasteiger partial charge >= 0.3 is 11.9 Å². The number of nitrogens with zero attached hydrogens (tertiary/aromatic N) is 1. The molecule has 0 spiro atoms. The van der Waals surface area contributed by atoms with Gasteiger partial charge in [-0.3, -0.25) is 19.7 Å². The molecule has 0 fully saturated rings. The number of carboxylic acids is 1. The Morgan fingerprint density at radius 3 is 2.23 bits per heavy atom. The quantitative estimate of drug-likeness (QED) is 0.387. The highest BCUT2D eigenvalue weighted by Gasteiger charge is 2.33. The Kier molecular flexibility index (Phi) is 7.70. The van der Waals surface area contributed by atoms with Crippen molar-refractivity contribution in [1.82, 2.24) is 5.32 Å². The lowest BCUT2D eigenvalue weighted by atomic mass is 9.88. The summed E-state index contributed by atoms with van der Waals surface area (Å²) in [4.78, 5) is 45.8. The maximum absolute atomic E-state index is 12.0. The van der Waals surface area contributed by atoms with Crippen LogP contribution in [-0.2, 0) is 19.1 Å². The van der Waals surface area contributed by atoms with Crippen molar-refractivity contribution in [3.8, 4) is 0 Å². The molecule has 0 saturated carbocycles. The van der Waals surface area contributed by atoms with Gasteiger partial charge in [-0.1, -0.05) is 26.0 Å². The third-order valence-electron chi connectivity index (χ3n) is 3.71. The van der Waals surface area contributed by atoms with Crippen molar-refractivity contribution < 1.29 is 29.2 Å². The van der Waals surface area contributed by atoms with Gasteiger partial charge in [0.05, 0.1) is 18.0 Å². The Morgan fingerprint density at radius 2 is 1.81 bits per heavy atom. The van der Waals surface area contributed by atoms with Crippen LogP contribution in [0.5, 0.6) is 0 Å². The number of benzene rings is 1. The minimum absolute atomic E-state index is 0.127. The molecule has 0 aliphatic heterocycles. The zero-order valence-corrected chi connectivity index (χ0v) is 14.8. The number of nitro groups is 1. The van der Waals surface area contributed by atoms with Crippen LogP contribution in [0.1, 0.15) is 38.7 Å². The van der Waals surface area contributed by atoms with E-state index >= 15 is 0 Å². The lowest BCUT2D eigenvalue weighted by Gasteiger charge is -2.25. The number of hydrogen-bond acceptors (Lipinski definition) is 6. The number of carboxylic acid groups (broad SMARTS) is 1. The number of amides is 1.